The van der Waals surface area contributed by atoms with Gasteiger partial charge in [0.05, 0.1) is 13.0 Å². The number of nitrogens with one attached hydrogen (secondary N) is 1. The number of carboxylic acid groups (broad SMARTS) is 1. The average Bonchev–Trinajstić information content (AvgIpc) is 3.04. The zero-order valence-electron chi connectivity index (χ0n) is 11.6. The molecule has 1 saturated heterocycles. The van der Waals surface area contributed by atoms with Crippen molar-refractivity contribution in [3.8, 4) is 0 Å². The SMILES string of the molecule is COC(=O)C1CN(S(=O)(=O)c2c[nH]c(C(=O)O)c2)CC1C. The summed E-state index contributed by atoms with van der Waals surface area (Å²) in [5, 5.41) is 8.82. The molecule has 1 fully saturated rings. The Morgan fingerprint density at radius 3 is 2.62 bits per heavy atom. The first-order valence-electron chi connectivity index (χ1n) is 6.27. The maximum Gasteiger partial charge on any atom is 0.352 e. The lowest BCUT2D eigenvalue weighted by Crippen LogP contribution is -2.30. The first kappa shape index (κ1) is 15.5. The van der Waals surface area contributed by atoms with E-state index in [1.165, 1.54) is 11.4 Å². The van der Waals surface area contributed by atoms with Crippen molar-refractivity contribution in [3.05, 3.63) is 18.0 Å². The fraction of sp³-hybridized carbons (Fsp3) is 0.500. The maximum absolute atomic E-state index is 12.4. The molecule has 116 valence electrons. The molecule has 0 bridgehead atoms. The van der Waals surface area contributed by atoms with Crippen LogP contribution in [-0.4, -0.2) is 55.0 Å². The van der Waals surface area contributed by atoms with E-state index in [0.29, 0.717) is 0 Å². The molecule has 2 rings (SSSR count). The van der Waals surface area contributed by atoms with Gasteiger partial charge < -0.3 is 14.8 Å². The molecule has 1 aromatic rings. The van der Waals surface area contributed by atoms with Crippen molar-refractivity contribution < 1.29 is 27.9 Å². The third kappa shape index (κ3) is 2.79. The van der Waals surface area contributed by atoms with Gasteiger partial charge in [-0.05, 0) is 12.0 Å². The number of hydrogen-bond donors (Lipinski definition) is 2. The van der Waals surface area contributed by atoms with E-state index in [9.17, 15) is 18.0 Å². The van der Waals surface area contributed by atoms with Crippen molar-refractivity contribution in [3.63, 3.8) is 0 Å². The Morgan fingerprint density at radius 2 is 2.10 bits per heavy atom. The molecule has 21 heavy (non-hydrogen) atoms. The molecule has 2 heterocycles. The average molecular weight is 316 g/mol. The van der Waals surface area contributed by atoms with Gasteiger partial charge in [-0.1, -0.05) is 6.92 Å². The van der Waals surface area contributed by atoms with Crippen LogP contribution in [0, 0.1) is 11.8 Å². The predicted molar refractivity (Wildman–Crippen MR) is 71.2 cm³/mol. The van der Waals surface area contributed by atoms with Crippen LogP contribution in [0.4, 0.5) is 0 Å². The summed E-state index contributed by atoms with van der Waals surface area (Å²) in [6.07, 6.45) is 1.13. The minimum Gasteiger partial charge on any atom is -0.477 e. The molecule has 0 aromatic carbocycles. The fourth-order valence-corrected chi connectivity index (χ4v) is 3.93. The number of rotatable bonds is 4. The highest BCUT2D eigenvalue weighted by Crippen LogP contribution is 2.29. The van der Waals surface area contributed by atoms with Crippen LogP contribution in [0.15, 0.2) is 17.2 Å². The van der Waals surface area contributed by atoms with Gasteiger partial charge in [-0.2, -0.15) is 4.31 Å². The van der Waals surface area contributed by atoms with Gasteiger partial charge in [0, 0.05) is 19.3 Å². The number of hydrogen-bond acceptors (Lipinski definition) is 5. The molecule has 1 aliphatic rings. The topological polar surface area (TPSA) is 117 Å². The van der Waals surface area contributed by atoms with Crippen LogP contribution in [0.25, 0.3) is 0 Å². The fourth-order valence-electron chi connectivity index (χ4n) is 2.37. The van der Waals surface area contributed by atoms with Crippen LogP contribution in [0.5, 0.6) is 0 Å². The maximum atomic E-state index is 12.4. The lowest BCUT2D eigenvalue weighted by Gasteiger charge is -2.14. The number of carboxylic acids is 1. The van der Waals surface area contributed by atoms with Crippen molar-refractivity contribution in [1.29, 1.82) is 0 Å². The number of nitrogens with zero attached hydrogens (tertiary/aromatic N) is 1. The van der Waals surface area contributed by atoms with E-state index < -0.39 is 27.9 Å². The molecule has 1 aliphatic heterocycles. The summed E-state index contributed by atoms with van der Waals surface area (Å²) in [5.41, 5.74) is -0.203. The number of ether oxygens (including phenoxy) is 1. The Morgan fingerprint density at radius 1 is 1.43 bits per heavy atom. The number of aromatic amines is 1. The number of sulfonamides is 1. The number of aromatic nitrogens is 1. The number of carbonyl (C=O) groups is 2. The highest BCUT2D eigenvalue weighted by Gasteiger charge is 2.41. The Kier molecular flexibility index (Phi) is 4.06. The van der Waals surface area contributed by atoms with Crippen LogP contribution in [0.3, 0.4) is 0 Å². The summed E-state index contributed by atoms with van der Waals surface area (Å²) in [6, 6.07) is 1.06. The minimum absolute atomic E-state index is 0.0315. The van der Waals surface area contributed by atoms with Gasteiger partial charge in [0.2, 0.25) is 10.0 Å². The Hall–Kier alpha value is -1.87. The third-order valence-corrected chi connectivity index (χ3v) is 5.42. The number of carbonyl (C=O) groups excluding carboxylic acids is 1. The summed E-state index contributed by atoms with van der Waals surface area (Å²) in [5.74, 6) is -2.35. The summed E-state index contributed by atoms with van der Waals surface area (Å²) in [7, 11) is -2.57. The smallest absolute Gasteiger partial charge is 0.352 e. The number of aromatic carboxylic acids is 1. The zero-order chi connectivity index (χ0) is 15.8. The molecular formula is C12H16N2O6S. The van der Waals surface area contributed by atoms with Gasteiger partial charge in [0.1, 0.15) is 10.6 Å². The zero-order valence-corrected chi connectivity index (χ0v) is 12.4. The van der Waals surface area contributed by atoms with Crippen LogP contribution in [0.2, 0.25) is 0 Å². The van der Waals surface area contributed by atoms with E-state index in [4.69, 9.17) is 5.11 Å². The molecule has 0 radical (unpaired) electrons. The number of methoxy groups -OCH3 is 1. The summed E-state index contributed by atoms with van der Waals surface area (Å²) in [4.78, 5) is 24.7. The molecule has 0 amide bonds. The Balaban J connectivity index is 2.24. The summed E-state index contributed by atoms with van der Waals surface area (Å²) >= 11 is 0. The second-order valence-corrected chi connectivity index (χ2v) is 6.92. The molecule has 2 atom stereocenters. The Bertz CT molecular complexity index is 665. The van der Waals surface area contributed by atoms with Crippen molar-refractivity contribution in [2.24, 2.45) is 11.8 Å². The molecular weight excluding hydrogens is 300 g/mol. The predicted octanol–water partition coefficient (Wildman–Crippen LogP) is 0.142. The molecule has 9 heteroatoms. The van der Waals surface area contributed by atoms with E-state index in [1.54, 1.807) is 6.92 Å². The van der Waals surface area contributed by atoms with Gasteiger partial charge in [0.15, 0.2) is 0 Å². The standard InChI is InChI=1S/C12H16N2O6S/c1-7-5-14(6-9(7)12(17)20-2)21(18,19)8-3-10(11(15)16)13-4-8/h3-4,7,9,13H,5-6H2,1-2H3,(H,15,16). The van der Waals surface area contributed by atoms with E-state index in [-0.39, 0.29) is 29.6 Å². The van der Waals surface area contributed by atoms with E-state index in [0.717, 1.165) is 12.3 Å². The second-order valence-electron chi connectivity index (χ2n) is 4.98. The summed E-state index contributed by atoms with van der Waals surface area (Å²) in [6.45, 7) is 2.00. The summed E-state index contributed by atoms with van der Waals surface area (Å²) < 4.78 is 30.7. The quantitative estimate of drug-likeness (QED) is 0.763. The first-order valence-corrected chi connectivity index (χ1v) is 7.71. The monoisotopic (exact) mass is 316 g/mol. The molecule has 2 N–H and O–H groups in total. The largest absolute Gasteiger partial charge is 0.477 e. The van der Waals surface area contributed by atoms with Crippen LogP contribution >= 0.6 is 0 Å². The van der Waals surface area contributed by atoms with Gasteiger partial charge in [-0.15, -0.1) is 0 Å². The van der Waals surface area contributed by atoms with Gasteiger partial charge in [-0.25, -0.2) is 13.2 Å². The highest BCUT2D eigenvalue weighted by atomic mass is 32.2. The van der Waals surface area contributed by atoms with Gasteiger partial charge >= 0.3 is 11.9 Å². The van der Waals surface area contributed by atoms with Crippen molar-refractivity contribution in [2.75, 3.05) is 20.2 Å². The van der Waals surface area contributed by atoms with E-state index in [1.807, 2.05) is 0 Å². The Labute approximate surface area is 121 Å². The minimum atomic E-state index is -3.83. The van der Waals surface area contributed by atoms with E-state index >= 15 is 0 Å². The first-order chi connectivity index (χ1) is 9.77. The van der Waals surface area contributed by atoms with Crippen molar-refractivity contribution >= 4 is 22.0 Å². The van der Waals surface area contributed by atoms with Crippen molar-refractivity contribution in [2.45, 2.75) is 11.8 Å². The van der Waals surface area contributed by atoms with Gasteiger partial charge in [-0.3, -0.25) is 4.79 Å². The lowest BCUT2D eigenvalue weighted by molar-refractivity contribution is -0.145. The van der Waals surface area contributed by atoms with Gasteiger partial charge in [0.25, 0.3) is 0 Å². The second kappa shape index (κ2) is 5.49. The number of esters is 1. The van der Waals surface area contributed by atoms with Crippen LogP contribution in [-0.2, 0) is 19.6 Å². The normalized spacial score (nSPS) is 23.1. The molecule has 0 saturated carbocycles. The molecule has 8 nitrogen and oxygen atoms in total. The molecule has 0 aliphatic carbocycles. The lowest BCUT2D eigenvalue weighted by atomic mass is 9.99. The van der Waals surface area contributed by atoms with Crippen LogP contribution < -0.4 is 0 Å². The molecule has 0 spiro atoms. The molecule has 2 unspecified atom stereocenters. The molecule has 1 aromatic heterocycles. The van der Waals surface area contributed by atoms with E-state index in [2.05, 4.69) is 9.72 Å². The van der Waals surface area contributed by atoms with Crippen LogP contribution in [0.1, 0.15) is 17.4 Å². The third-order valence-electron chi connectivity index (χ3n) is 3.61. The highest BCUT2D eigenvalue weighted by molar-refractivity contribution is 7.89. The number of H-pyrrole nitrogens is 1. The van der Waals surface area contributed by atoms with Crippen molar-refractivity contribution in [1.82, 2.24) is 9.29 Å².